The standard InChI is InChI=1S/C19H18FN3O2S2/c1-10-5-6-13-14(7-10)27-18-16(13)17(25)22-19(23-18)26-9-15(24)21-12-4-2-3-11(20)8-12/h2-4,8,10H,5-7,9H2,1H3,(H,21,24)(H,22,23,25)/t10-/m0/s1. The molecule has 1 aliphatic rings. The fourth-order valence-electron chi connectivity index (χ4n) is 3.29. The SMILES string of the molecule is C[C@H]1CCc2c(sc3nc(SCC(=O)Nc4cccc(F)c4)[nH]c(=O)c23)C1. The number of hydrogen-bond acceptors (Lipinski definition) is 5. The molecule has 1 amide bonds. The number of amides is 1. The lowest BCUT2D eigenvalue weighted by Crippen LogP contribution is -2.16. The second kappa shape index (κ2) is 7.44. The van der Waals surface area contributed by atoms with E-state index in [1.54, 1.807) is 17.4 Å². The predicted octanol–water partition coefficient (Wildman–Crippen LogP) is 3.98. The second-order valence-electron chi connectivity index (χ2n) is 6.75. The second-order valence-corrected chi connectivity index (χ2v) is 8.80. The average molecular weight is 404 g/mol. The van der Waals surface area contributed by atoms with Gasteiger partial charge in [-0.1, -0.05) is 24.8 Å². The number of anilines is 1. The van der Waals surface area contributed by atoms with Crippen LogP contribution in [-0.4, -0.2) is 21.6 Å². The van der Waals surface area contributed by atoms with E-state index < -0.39 is 5.82 Å². The molecule has 8 heteroatoms. The number of thiophene rings is 1. The molecule has 3 aromatic rings. The number of hydrogen-bond donors (Lipinski definition) is 2. The molecule has 1 aliphatic carbocycles. The van der Waals surface area contributed by atoms with Gasteiger partial charge in [0.25, 0.3) is 5.56 Å². The summed E-state index contributed by atoms with van der Waals surface area (Å²) in [6.45, 7) is 2.23. The maximum absolute atomic E-state index is 13.2. The number of aryl methyl sites for hydroxylation is 1. The van der Waals surface area contributed by atoms with E-state index in [4.69, 9.17) is 0 Å². The van der Waals surface area contributed by atoms with E-state index >= 15 is 0 Å². The normalized spacial score (nSPS) is 16.3. The Hall–Kier alpha value is -2.19. The first-order chi connectivity index (χ1) is 13.0. The molecule has 1 atom stereocenters. The number of thioether (sulfide) groups is 1. The molecule has 0 saturated carbocycles. The zero-order valence-corrected chi connectivity index (χ0v) is 16.3. The molecule has 0 radical (unpaired) electrons. The van der Waals surface area contributed by atoms with E-state index in [0.29, 0.717) is 22.1 Å². The molecule has 140 valence electrons. The van der Waals surface area contributed by atoms with Crippen molar-refractivity contribution in [1.29, 1.82) is 0 Å². The van der Waals surface area contributed by atoms with Crippen LogP contribution in [0, 0.1) is 11.7 Å². The number of aromatic nitrogens is 2. The highest BCUT2D eigenvalue weighted by Gasteiger charge is 2.23. The third-order valence-corrected chi connectivity index (χ3v) is 6.61. The van der Waals surface area contributed by atoms with Crippen LogP contribution in [0.2, 0.25) is 0 Å². The van der Waals surface area contributed by atoms with E-state index in [-0.39, 0.29) is 17.2 Å². The monoisotopic (exact) mass is 403 g/mol. The molecule has 0 fully saturated rings. The predicted molar refractivity (Wildman–Crippen MR) is 107 cm³/mol. The number of aromatic amines is 1. The molecule has 0 unspecified atom stereocenters. The van der Waals surface area contributed by atoms with Crippen LogP contribution in [0.1, 0.15) is 23.8 Å². The van der Waals surface area contributed by atoms with Crippen molar-refractivity contribution >= 4 is 44.9 Å². The minimum Gasteiger partial charge on any atom is -0.325 e. The number of nitrogens with zero attached hydrogens (tertiary/aromatic N) is 1. The Morgan fingerprint density at radius 2 is 2.33 bits per heavy atom. The van der Waals surface area contributed by atoms with Gasteiger partial charge in [0, 0.05) is 10.6 Å². The number of nitrogens with one attached hydrogen (secondary N) is 2. The van der Waals surface area contributed by atoms with Crippen LogP contribution in [0.25, 0.3) is 10.2 Å². The summed E-state index contributed by atoms with van der Waals surface area (Å²) >= 11 is 2.75. The van der Waals surface area contributed by atoms with Crippen LogP contribution in [0.3, 0.4) is 0 Å². The highest BCUT2D eigenvalue weighted by atomic mass is 32.2. The Morgan fingerprint density at radius 1 is 1.48 bits per heavy atom. The van der Waals surface area contributed by atoms with Gasteiger partial charge in [-0.2, -0.15) is 0 Å². The van der Waals surface area contributed by atoms with E-state index in [1.165, 1.54) is 23.1 Å². The summed E-state index contributed by atoms with van der Waals surface area (Å²) in [4.78, 5) is 33.9. The van der Waals surface area contributed by atoms with Gasteiger partial charge in [-0.3, -0.25) is 9.59 Å². The molecule has 0 aliphatic heterocycles. The first kappa shape index (κ1) is 18.2. The van der Waals surface area contributed by atoms with Crippen molar-refractivity contribution in [2.75, 3.05) is 11.1 Å². The fraction of sp³-hybridized carbons (Fsp3) is 0.316. The lowest BCUT2D eigenvalue weighted by atomic mass is 9.89. The maximum Gasteiger partial charge on any atom is 0.260 e. The molecule has 5 nitrogen and oxygen atoms in total. The van der Waals surface area contributed by atoms with Gasteiger partial charge in [-0.05, 0) is 48.9 Å². The minimum absolute atomic E-state index is 0.0765. The van der Waals surface area contributed by atoms with Gasteiger partial charge in [0.15, 0.2) is 5.16 Å². The molecule has 1 aromatic carbocycles. The summed E-state index contributed by atoms with van der Waals surface area (Å²) in [6, 6.07) is 5.72. The first-order valence-electron chi connectivity index (χ1n) is 8.72. The largest absolute Gasteiger partial charge is 0.325 e. The topological polar surface area (TPSA) is 74.8 Å². The molecule has 27 heavy (non-hydrogen) atoms. The molecular formula is C19H18FN3O2S2. The fourth-order valence-corrected chi connectivity index (χ4v) is 5.40. The molecule has 2 aromatic heterocycles. The molecule has 4 rings (SSSR count). The van der Waals surface area contributed by atoms with Crippen molar-refractivity contribution in [3.8, 4) is 0 Å². The maximum atomic E-state index is 13.2. The van der Waals surface area contributed by atoms with Gasteiger partial charge in [-0.15, -0.1) is 11.3 Å². The smallest absolute Gasteiger partial charge is 0.260 e. The van der Waals surface area contributed by atoms with Crippen LogP contribution in [-0.2, 0) is 17.6 Å². The first-order valence-corrected chi connectivity index (χ1v) is 10.5. The van der Waals surface area contributed by atoms with Crippen molar-refractivity contribution in [1.82, 2.24) is 9.97 Å². The van der Waals surface area contributed by atoms with Crippen molar-refractivity contribution in [2.24, 2.45) is 5.92 Å². The Kier molecular flexibility index (Phi) is 5.01. The van der Waals surface area contributed by atoms with Crippen molar-refractivity contribution < 1.29 is 9.18 Å². The number of carbonyl (C=O) groups excluding carboxylic acids is 1. The van der Waals surface area contributed by atoms with E-state index in [0.717, 1.165) is 41.4 Å². The number of halogens is 1. The molecule has 2 N–H and O–H groups in total. The summed E-state index contributed by atoms with van der Waals surface area (Å²) in [5, 5.41) is 3.76. The number of benzene rings is 1. The van der Waals surface area contributed by atoms with Crippen LogP contribution >= 0.6 is 23.1 Å². The Morgan fingerprint density at radius 3 is 3.15 bits per heavy atom. The highest BCUT2D eigenvalue weighted by molar-refractivity contribution is 7.99. The van der Waals surface area contributed by atoms with Gasteiger partial charge in [-0.25, -0.2) is 9.37 Å². The zero-order chi connectivity index (χ0) is 19.0. The average Bonchev–Trinajstić information content (AvgIpc) is 2.97. The molecule has 0 spiro atoms. The van der Waals surface area contributed by atoms with Crippen molar-refractivity contribution in [3.05, 3.63) is 50.9 Å². The van der Waals surface area contributed by atoms with E-state index in [9.17, 15) is 14.0 Å². The van der Waals surface area contributed by atoms with Crippen LogP contribution < -0.4 is 10.9 Å². The summed E-state index contributed by atoms with van der Waals surface area (Å²) in [5.74, 6) is 0.0122. The van der Waals surface area contributed by atoms with E-state index in [2.05, 4.69) is 22.2 Å². The third kappa shape index (κ3) is 3.91. The Balaban J connectivity index is 1.49. The van der Waals surface area contributed by atoms with Gasteiger partial charge in [0.1, 0.15) is 10.6 Å². The van der Waals surface area contributed by atoms with Crippen LogP contribution in [0.5, 0.6) is 0 Å². The van der Waals surface area contributed by atoms with E-state index in [1.807, 2.05) is 0 Å². The Bertz CT molecular complexity index is 1080. The molecular weight excluding hydrogens is 385 g/mol. The lowest BCUT2D eigenvalue weighted by Gasteiger charge is -2.17. The number of fused-ring (bicyclic) bond motifs is 3. The van der Waals surface area contributed by atoms with Gasteiger partial charge in [0.2, 0.25) is 5.91 Å². The number of H-pyrrole nitrogens is 1. The molecule has 0 saturated heterocycles. The van der Waals surface area contributed by atoms with Crippen molar-refractivity contribution in [2.45, 2.75) is 31.3 Å². The Labute approximate surface area is 163 Å². The summed E-state index contributed by atoms with van der Waals surface area (Å²) in [6.07, 6.45) is 3.01. The summed E-state index contributed by atoms with van der Waals surface area (Å²) in [5.41, 5.74) is 1.40. The number of carbonyl (C=O) groups is 1. The highest BCUT2D eigenvalue weighted by Crippen LogP contribution is 2.36. The van der Waals surface area contributed by atoms with Gasteiger partial charge in [0.05, 0.1) is 11.1 Å². The van der Waals surface area contributed by atoms with Gasteiger partial charge >= 0.3 is 0 Å². The molecule has 0 bridgehead atoms. The van der Waals surface area contributed by atoms with Crippen molar-refractivity contribution in [3.63, 3.8) is 0 Å². The summed E-state index contributed by atoms with van der Waals surface area (Å²) < 4.78 is 13.2. The number of rotatable bonds is 4. The minimum atomic E-state index is -0.409. The molecule has 2 heterocycles. The van der Waals surface area contributed by atoms with Crippen LogP contribution in [0.4, 0.5) is 10.1 Å². The van der Waals surface area contributed by atoms with Gasteiger partial charge < -0.3 is 10.3 Å². The quantitative estimate of drug-likeness (QED) is 0.510. The van der Waals surface area contributed by atoms with Crippen LogP contribution in [0.15, 0.2) is 34.2 Å². The lowest BCUT2D eigenvalue weighted by molar-refractivity contribution is -0.113. The zero-order valence-electron chi connectivity index (χ0n) is 14.7. The third-order valence-electron chi connectivity index (χ3n) is 4.59. The summed E-state index contributed by atoms with van der Waals surface area (Å²) in [7, 11) is 0.